The minimum atomic E-state index is 0.627. The molecule has 1 aliphatic carbocycles. The van der Waals surface area contributed by atoms with Gasteiger partial charge in [0, 0.05) is 5.57 Å². The maximum absolute atomic E-state index is 6.03. The fourth-order valence-corrected chi connectivity index (χ4v) is 4.21. The number of quaternary nitrogens is 1. The molecule has 1 atom stereocenters. The molecule has 3 heteroatoms. The molecule has 1 fully saturated rings. The van der Waals surface area contributed by atoms with Crippen molar-refractivity contribution in [3.63, 3.8) is 0 Å². The van der Waals surface area contributed by atoms with Crippen LogP contribution < -0.4 is 0 Å². The predicted octanol–water partition coefficient (Wildman–Crippen LogP) is 4.57. The van der Waals surface area contributed by atoms with Crippen molar-refractivity contribution >= 4 is 27.5 Å². The lowest BCUT2D eigenvalue weighted by molar-refractivity contribution is -0.900. The quantitative estimate of drug-likeness (QED) is 0.528. The van der Waals surface area contributed by atoms with Crippen LogP contribution in [0.2, 0.25) is 0 Å². The number of halogens is 2. The lowest BCUT2D eigenvalue weighted by Crippen LogP contribution is -2.53. The first-order valence-electron chi connectivity index (χ1n) is 6.70. The molecule has 1 nitrogen and oxygen atoms in total. The largest absolute Gasteiger partial charge is 0.291 e. The van der Waals surface area contributed by atoms with Crippen molar-refractivity contribution in [1.82, 2.24) is 0 Å². The number of rotatable bonds is 3. The summed E-state index contributed by atoms with van der Waals surface area (Å²) < 4.78 is 2.42. The number of hydrogen-bond donors (Lipinski definition) is 0. The minimum Gasteiger partial charge on any atom is -0.291 e. The number of nitrogens with zero attached hydrogens (tertiary/aromatic N) is 1. The zero-order chi connectivity index (χ0) is 12.3. The van der Waals surface area contributed by atoms with E-state index in [1.54, 1.807) is 0 Å². The highest BCUT2D eigenvalue weighted by Crippen LogP contribution is 2.34. The fraction of sp³-hybridized carbons (Fsp3) is 0.714. The third kappa shape index (κ3) is 2.97. The molecule has 0 aromatic carbocycles. The van der Waals surface area contributed by atoms with Gasteiger partial charge in [0.05, 0.1) is 22.9 Å². The summed E-state index contributed by atoms with van der Waals surface area (Å²) in [6.45, 7) is 4.60. The molecule has 1 unspecified atom stereocenters. The van der Waals surface area contributed by atoms with Crippen molar-refractivity contribution in [3.05, 3.63) is 22.3 Å². The lowest BCUT2D eigenvalue weighted by atomic mass is 9.91. The smallest absolute Gasteiger partial charge is 0.115 e. The summed E-state index contributed by atoms with van der Waals surface area (Å²) in [5.74, 6) is 0.627. The average molecular weight is 320 g/mol. The standard InChI is InChI=1S/C14H22BrClN/c1-2-17(14-6-4-3-5-7-14)10-12(9-16)8-13(15)11-17/h8,10,14H,2-7,9,11H2,1H3/q+1. The van der Waals surface area contributed by atoms with Crippen LogP contribution in [0.25, 0.3) is 0 Å². The van der Waals surface area contributed by atoms with Gasteiger partial charge < -0.3 is 0 Å². The summed E-state index contributed by atoms with van der Waals surface area (Å²) >= 11 is 9.72. The van der Waals surface area contributed by atoms with Crippen LogP contribution in [0, 0.1) is 0 Å². The van der Waals surface area contributed by atoms with Crippen molar-refractivity contribution < 1.29 is 4.48 Å². The molecule has 0 spiro atoms. The second-order valence-electron chi connectivity index (χ2n) is 5.30. The van der Waals surface area contributed by atoms with Gasteiger partial charge in [0.15, 0.2) is 0 Å². The van der Waals surface area contributed by atoms with Crippen LogP contribution in [0.3, 0.4) is 0 Å². The van der Waals surface area contributed by atoms with Gasteiger partial charge in [-0.2, -0.15) is 0 Å². The van der Waals surface area contributed by atoms with E-state index in [1.165, 1.54) is 48.7 Å². The van der Waals surface area contributed by atoms with E-state index in [4.69, 9.17) is 11.6 Å². The van der Waals surface area contributed by atoms with Gasteiger partial charge in [-0.15, -0.1) is 11.6 Å². The monoisotopic (exact) mass is 318 g/mol. The van der Waals surface area contributed by atoms with Crippen molar-refractivity contribution in [2.24, 2.45) is 0 Å². The Morgan fingerprint density at radius 1 is 1.35 bits per heavy atom. The van der Waals surface area contributed by atoms with Crippen LogP contribution in [0.1, 0.15) is 39.0 Å². The molecular formula is C14H22BrClN+. The van der Waals surface area contributed by atoms with Crippen LogP contribution in [-0.4, -0.2) is 29.5 Å². The second kappa shape index (κ2) is 5.90. The van der Waals surface area contributed by atoms with Gasteiger partial charge >= 0.3 is 0 Å². The highest BCUT2D eigenvalue weighted by Gasteiger charge is 2.37. The number of hydrogen-bond acceptors (Lipinski definition) is 0. The Kier molecular flexibility index (Phi) is 4.73. The zero-order valence-electron chi connectivity index (χ0n) is 10.6. The molecule has 2 aliphatic rings. The third-order valence-electron chi connectivity index (χ3n) is 4.26. The highest BCUT2D eigenvalue weighted by atomic mass is 79.9. The van der Waals surface area contributed by atoms with Gasteiger partial charge in [0.2, 0.25) is 0 Å². The van der Waals surface area contributed by atoms with Crippen LogP contribution in [0.5, 0.6) is 0 Å². The van der Waals surface area contributed by atoms with E-state index in [0.29, 0.717) is 5.88 Å². The van der Waals surface area contributed by atoms with Crippen LogP contribution in [0.15, 0.2) is 22.3 Å². The van der Waals surface area contributed by atoms with E-state index in [1.807, 2.05) is 0 Å². The molecule has 1 heterocycles. The molecule has 2 rings (SSSR count). The summed E-state index contributed by atoms with van der Waals surface area (Å²) in [5, 5.41) is 0. The molecule has 96 valence electrons. The van der Waals surface area contributed by atoms with E-state index in [9.17, 15) is 0 Å². The summed E-state index contributed by atoms with van der Waals surface area (Å²) in [6.07, 6.45) is 11.6. The normalized spacial score (nSPS) is 31.0. The molecule has 17 heavy (non-hydrogen) atoms. The molecule has 0 radical (unpaired) electrons. The molecule has 0 amide bonds. The van der Waals surface area contributed by atoms with Crippen LogP contribution in [0.4, 0.5) is 0 Å². The Balaban J connectivity index is 2.24. The lowest BCUT2D eigenvalue weighted by Gasteiger charge is -2.44. The van der Waals surface area contributed by atoms with Gasteiger partial charge in [-0.1, -0.05) is 6.42 Å². The average Bonchev–Trinajstić information content (AvgIpc) is 2.39. The molecule has 1 aliphatic heterocycles. The Hall–Kier alpha value is 0.210. The summed E-state index contributed by atoms with van der Waals surface area (Å²) in [5.41, 5.74) is 1.28. The molecule has 0 N–H and O–H groups in total. The fourth-order valence-electron chi connectivity index (χ4n) is 3.31. The Morgan fingerprint density at radius 3 is 2.65 bits per heavy atom. The molecule has 0 saturated heterocycles. The van der Waals surface area contributed by atoms with Gasteiger partial charge in [-0.25, -0.2) is 0 Å². The number of likely N-dealkylation sites (N-methyl/N-ethyl adjacent to an activating group) is 1. The van der Waals surface area contributed by atoms with E-state index in [-0.39, 0.29) is 0 Å². The van der Waals surface area contributed by atoms with E-state index in [2.05, 4.69) is 35.1 Å². The minimum absolute atomic E-state index is 0.627. The van der Waals surface area contributed by atoms with E-state index in [0.717, 1.165) is 17.1 Å². The summed E-state index contributed by atoms with van der Waals surface area (Å²) in [7, 11) is 0. The van der Waals surface area contributed by atoms with E-state index >= 15 is 0 Å². The Bertz CT molecular complexity index is 331. The van der Waals surface area contributed by atoms with Crippen LogP contribution in [-0.2, 0) is 0 Å². The first-order chi connectivity index (χ1) is 8.20. The zero-order valence-corrected chi connectivity index (χ0v) is 12.9. The Morgan fingerprint density at radius 2 is 2.06 bits per heavy atom. The summed E-state index contributed by atoms with van der Waals surface area (Å²) in [4.78, 5) is 0. The van der Waals surface area contributed by atoms with Crippen molar-refractivity contribution in [2.45, 2.75) is 45.1 Å². The highest BCUT2D eigenvalue weighted by molar-refractivity contribution is 9.11. The molecule has 0 aromatic rings. The van der Waals surface area contributed by atoms with E-state index < -0.39 is 0 Å². The number of alkyl halides is 1. The van der Waals surface area contributed by atoms with Crippen molar-refractivity contribution in [3.8, 4) is 0 Å². The second-order valence-corrected chi connectivity index (χ2v) is 6.58. The van der Waals surface area contributed by atoms with Crippen LogP contribution >= 0.6 is 27.5 Å². The predicted molar refractivity (Wildman–Crippen MR) is 78.4 cm³/mol. The SMILES string of the molecule is CC[N+]1(C2CCCCC2)C=C(CCl)C=C(Br)C1. The van der Waals surface area contributed by atoms with Gasteiger partial charge in [-0.3, -0.25) is 4.48 Å². The molecular weight excluding hydrogens is 298 g/mol. The molecule has 0 bridgehead atoms. The maximum atomic E-state index is 6.03. The van der Waals surface area contributed by atoms with Gasteiger partial charge in [-0.05, 0) is 54.6 Å². The maximum Gasteiger partial charge on any atom is 0.115 e. The first kappa shape index (κ1) is 13.6. The Labute approximate surface area is 118 Å². The molecule has 0 aromatic heterocycles. The van der Waals surface area contributed by atoms with Gasteiger partial charge in [0.25, 0.3) is 0 Å². The first-order valence-corrected chi connectivity index (χ1v) is 8.03. The van der Waals surface area contributed by atoms with Crippen molar-refractivity contribution in [2.75, 3.05) is 19.0 Å². The third-order valence-corrected chi connectivity index (χ3v) is 5.04. The van der Waals surface area contributed by atoms with Gasteiger partial charge in [0.1, 0.15) is 12.7 Å². The topological polar surface area (TPSA) is 0 Å². The van der Waals surface area contributed by atoms with Crippen molar-refractivity contribution in [1.29, 1.82) is 0 Å². The molecule has 1 saturated carbocycles. The number of allylic oxidation sites excluding steroid dienone is 2. The summed E-state index contributed by atoms with van der Waals surface area (Å²) in [6, 6.07) is 0.799.